The van der Waals surface area contributed by atoms with Crippen LogP contribution < -0.4 is 0 Å². The Balaban J connectivity index is 2.01. The Hall–Kier alpha value is -1.81. The molecule has 3 aromatic rings. The van der Waals surface area contributed by atoms with E-state index in [1.165, 1.54) is 0 Å². The van der Waals surface area contributed by atoms with E-state index in [1.807, 2.05) is 47.1 Å². The summed E-state index contributed by atoms with van der Waals surface area (Å²) in [5, 5.41) is 9.76. The molecule has 0 amide bonds. The van der Waals surface area contributed by atoms with Gasteiger partial charge in [0.2, 0.25) is 0 Å². The van der Waals surface area contributed by atoms with Crippen LogP contribution in [-0.2, 0) is 6.42 Å². The number of hydrogen-bond donors (Lipinski definition) is 1. The molecule has 0 atom stereocenters. The lowest BCUT2D eigenvalue weighted by Gasteiger charge is -2.00. The Morgan fingerprint density at radius 1 is 1.17 bits per heavy atom. The predicted molar refractivity (Wildman–Crippen MR) is 73.8 cm³/mol. The summed E-state index contributed by atoms with van der Waals surface area (Å²) in [7, 11) is 0. The van der Waals surface area contributed by atoms with E-state index in [4.69, 9.17) is 0 Å². The number of rotatable bonds is 2. The highest BCUT2D eigenvalue weighted by Gasteiger charge is 2.07. The van der Waals surface area contributed by atoms with Crippen molar-refractivity contribution in [2.45, 2.75) is 6.42 Å². The molecule has 2 heterocycles. The molecule has 0 aliphatic heterocycles. The Morgan fingerprint density at radius 3 is 2.78 bits per heavy atom. The van der Waals surface area contributed by atoms with Crippen LogP contribution in [0.1, 0.15) is 11.3 Å². The number of phenols is 1. The summed E-state index contributed by atoms with van der Waals surface area (Å²) in [6.07, 6.45) is 4.56. The van der Waals surface area contributed by atoms with Gasteiger partial charge in [0.15, 0.2) is 5.65 Å². The summed E-state index contributed by atoms with van der Waals surface area (Å²) < 4.78 is 2.94. The second-order valence-corrected chi connectivity index (χ2v) is 4.98. The molecular formula is C14H11BrN2O. The maximum absolute atomic E-state index is 9.76. The lowest BCUT2D eigenvalue weighted by molar-refractivity contribution is 0.469. The van der Waals surface area contributed by atoms with Crippen LogP contribution in [0, 0.1) is 0 Å². The first-order chi connectivity index (χ1) is 8.74. The normalized spacial score (nSPS) is 10.9. The van der Waals surface area contributed by atoms with Gasteiger partial charge in [-0.25, -0.2) is 4.98 Å². The van der Waals surface area contributed by atoms with E-state index in [2.05, 4.69) is 20.9 Å². The van der Waals surface area contributed by atoms with Gasteiger partial charge in [-0.05, 0) is 39.7 Å². The number of phenolic OH excluding ortho intramolecular Hbond substituents is 1. The molecule has 3 nitrogen and oxygen atoms in total. The number of fused-ring (bicyclic) bond motifs is 1. The molecule has 18 heavy (non-hydrogen) atoms. The number of pyridine rings is 1. The van der Waals surface area contributed by atoms with Crippen LogP contribution in [0.4, 0.5) is 0 Å². The molecule has 0 bridgehead atoms. The molecule has 2 aromatic heterocycles. The lowest BCUT2D eigenvalue weighted by atomic mass is 10.1. The molecular weight excluding hydrogens is 292 g/mol. The minimum absolute atomic E-state index is 0.314. The molecule has 3 rings (SSSR count). The summed E-state index contributed by atoms with van der Waals surface area (Å²) >= 11 is 3.48. The summed E-state index contributed by atoms with van der Waals surface area (Å²) in [6.45, 7) is 0. The van der Waals surface area contributed by atoms with Crippen molar-refractivity contribution in [3.05, 3.63) is 64.5 Å². The van der Waals surface area contributed by atoms with Gasteiger partial charge in [-0.1, -0.05) is 18.2 Å². The summed E-state index contributed by atoms with van der Waals surface area (Å²) in [6, 6.07) is 11.3. The van der Waals surface area contributed by atoms with E-state index in [1.54, 1.807) is 6.07 Å². The Bertz CT molecular complexity index is 706. The first kappa shape index (κ1) is 11.3. The molecule has 0 radical (unpaired) electrons. The third-order valence-corrected chi connectivity index (χ3v) is 3.47. The van der Waals surface area contributed by atoms with Gasteiger partial charge in [-0.15, -0.1) is 0 Å². The minimum atomic E-state index is 0.314. The van der Waals surface area contributed by atoms with Crippen molar-refractivity contribution in [3.8, 4) is 5.75 Å². The number of aromatic hydroxyl groups is 1. The third-order valence-electron chi connectivity index (χ3n) is 2.85. The largest absolute Gasteiger partial charge is 0.508 e. The van der Waals surface area contributed by atoms with Gasteiger partial charge in [0.25, 0.3) is 0 Å². The average Bonchev–Trinajstić information content (AvgIpc) is 2.76. The Kier molecular flexibility index (Phi) is 2.80. The SMILES string of the molecule is Oc1ccccc1Cc1cn2cccc(Br)c2n1. The molecule has 0 aliphatic rings. The van der Waals surface area contributed by atoms with Gasteiger partial charge < -0.3 is 9.51 Å². The maximum atomic E-state index is 9.76. The first-order valence-corrected chi connectivity index (χ1v) is 6.42. The minimum Gasteiger partial charge on any atom is -0.508 e. The van der Waals surface area contributed by atoms with Crippen LogP contribution in [-0.4, -0.2) is 14.5 Å². The van der Waals surface area contributed by atoms with E-state index in [9.17, 15) is 5.11 Å². The molecule has 1 N–H and O–H groups in total. The predicted octanol–water partition coefficient (Wildman–Crippen LogP) is 3.39. The maximum Gasteiger partial charge on any atom is 0.151 e. The van der Waals surface area contributed by atoms with E-state index in [0.29, 0.717) is 12.2 Å². The van der Waals surface area contributed by atoms with Gasteiger partial charge in [0.05, 0.1) is 10.2 Å². The van der Waals surface area contributed by atoms with Crippen molar-refractivity contribution in [1.82, 2.24) is 9.38 Å². The highest BCUT2D eigenvalue weighted by atomic mass is 79.9. The van der Waals surface area contributed by atoms with E-state index in [0.717, 1.165) is 21.4 Å². The zero-order valence-electron chi connectivity index (χ0n) is 9.55. The number of aromatic nitrogens is 2. The second kappa shape index (κ2) is 4.46. The molecule has 0 aliphatic carbocycles. The number of benzene rings is 1. The molecule has 0 spiro atoms. The molecule has 0 fully saturated rings. The monoisotopic (exact) mass is 302 g/mol. The summed E-state index contributed by atoms with van der Waals surface area (Å²) in [5.74, 6) is 0.314. The summed E-state index contributed by atoms with van der Waals surface area (Å²) in [5.41, 5.74) is 2.71. The third kappa shape index (κ3) is 1.99. The van der Waals surface area contributed by atoms with Gasteiger partial charge in [-0.3, -0.25) is 0 Å². The second-order valence-electron chi connectivity index (χ2n) is 4.12. The molecule has 0 unspecified atom stereocenters. The summed E-state index contributed by atoms with van der Waals surface area (Å²) in [4.78, 5) is 4.55. The lowest BCUT2D eigenvalue weighted by Crippen LogP contribution is -1.88. The molecule has 0 saturated carbocycles. The van der Waals surface area contributed by atoms with Crippen molar-refractivity contribution in [1.29, 1.82) is 0 Å². The van der Waals surface area contributed by atoms with Crippen molar-refractivity contribution in [3.63, 3.8) is 0 Å². The number of halogens is 1. The fourth-order valence-electron chi connectivity index (χ4n) is 1.97. The van der Waals surface area contributed by atoms with Crippen molar-refractivity contribution < 1.29 is 5.11 Å². The Morgan fingerprint density at radius 2 is 2.00 bits per heavy atom. The number of nitrogens with zero attached hydrogens (tertiary/aromatic N) is 2. The van der Waals surface area contributed by atoms with E-state index in [-0.39, 0.29) is 0 Å². The van der Waals surface area contributed by atoms with Crippen LogP contribution in [0.5, 0.6) is 5.75 Å². The van der Waals surface area contributed by atoms with Crippen LogP contribution in [0.3, 0.4) is 0 Å². The average molecular weight is 303 g/mol. The number of hydrogen-bond acceptors (Lipinski definition) is 2. The molecule has 0 saturated heterocycles. The van der Waals surface area contributed by atoms with Gasteiger partial charge >= 0.3 is 0 Å². The van der Waals surface area contributed by atoms with Crippen LogP contribution in [0.2, 0.25) is 0 Å². The Labute approximate surface area is 113 Å². The zero-order chi connectivity index (χ0) is 12.5. The van der Waals surface area contributed by atoms with E-state index >= 15 is 0 Å². The van der Waals surface area contributed by atoms with Gasteiger partial charge in [-0.2, -0.15) is 0 Å². The quantitative estimate of drug-likeness (QED) is 0.788. The van der Waals surface area contributed by atoms with E-state index < -0.39 is 0 Å². The highest BCUT2D eigenvalue weighted by molar-refractivity contribution is 9.10. The molecule has 4 heteroatoms. The van der Waals surface area contributed by atoms with Crippen molar-refractivity contribution in [2.75, 3.05) is 0 Å². The number of imidazole rings is 1. The zero-order valence-corrected chi connectivity index (χ0v) is 11.1. The fourth-order valence-corrected chi connectivity index (χ4v) is 2.42. The van der Waals surface area contributed by atoms with Crippen molar-refractivity contribution >= 4 is 21.6 Å². The van der Waals surface area contributed by atoms with Crippen LogP contribution in [0.15, 0.2) is 53.3 Å². The van der Waals surface area contributed by atoms with Crippen LogP contribution >= 0.6 is 15.9 Å². The van der Waals surface area contributed by atoms with Crippen LogP contribution in [0.25, 0.3) is 5.65 Å². The number of para-hydroxylation sites is 1. The van der Waals surface area contributed by atoms with Crippen molar-refractivity contribution in [2.24, 2.45) is 0 Å². The molecule has 1 aromatic carbocycles. The van der Waals surface area contributed by atoms with Gasteiger partial charge in [0.1, 0.15) is 5.75 Å². The first-order valence-electron chi connectivity index (χ1n) is 5.63. The standard InChI is InChI=1S/C14H11BrN2O/c15-12-5-3-7-17-9-11(16-14(12)17)8-10-4-1-2-6-13(10)18/h1-7,9,18H,8H2. The molecule has 90 valence electrons. The van der Waals surface area contributed by atoms with Gasteiger partial charge in [0, 0.05) is 18.8 Å². The fraction of sp³-hybridized carbons (Fsp3) is 0.0714. The topological polar surface area (TPSA) is 37.5 Å². The highest BCUT2D eigenvalue weighted by Crippen LogP contribution is 2.21. The smallest absolute Gasteiger partial charge is 0.151 e.